The zero-order chi connectivity index (χ0) is 48.9. The smallest absolute Gasteiger partial charge is 0.306 e. The molecule has 0 radical (unpaired) electrons. The van der Waals surface area contributed by atoms with Crippen LogP contribution >= 0.6 is 0 Å². The minimum atomic E-state index is -0.763. The highest BCUT2D eigenvalue weighted by molar-refractivity contribution is 5.71. The van der Waals surface area contributed by atoms with Gasteiger partial charge in [0.15, 0.2) is 6.10 Å². The highest BCUT2D eigenvalue weighted by Crippen LogP contribution is 2.19. The number of esters is 3. The number of hydrogen-bond donors (Lipinski definition) is 0. The molecule has 0 N–H and O–H groups in total. The highest BCUT2D eigenvalue weighted by Gasteiger charge is 2.19. The number of carbonyl (C=O) groups excluding carboxylic acids is 3. The van der Waals surface area contributed by atoms with Crippen LogP contribution < -0.4 is 0 Å². The number of ether oxygens (including phenoxy) is 3. The number of carbonyl (C=O) groups is 3. The van der Waals surface area contributed by atoms with E-state index in [0.29, 0.717) is 19.3 Å². The molecule has 1 unspecified atom stereocenters. The maximum Gasteiger partial charge on any atom is 0.306 e. The molecule has 0 aromatic rings. The Morgan fingerprint density at radius 1 is 0.313 bits per heavy atom. The fourth-order valence-corrected chi connectivity index (χ4v) is 9.37. The van der Waals surface area contributed by atoms with Gasteiger partial charge in [-0.15, -0.1) is 0 Å². The maximum absolute atomic E-state index is 12.9. The Hall–Kier alpha value is -1.59. The molecule has 0 bridgehead atoms. The SMILES string of the molecule is CCCCCCCCCCCCCCCCCCCCC(=O)OC[C@@H](COC(=O)CCCCCCCCCCC(C)CC)OC(=O)CCCCCCCCCCCCCCCCCCC(C)C. The fourth-order valence-electron chi connectivity index (χ4n) is 9.37. The van der Waals surface area contributed by atoms with Gasteiger partial charge in [0.2, 0.25) is 0 Å². The van der Waals surface area contributed by atoms with Crippen molar-refractivity contribution in [3.05, 3.63) is 0 Å². The van der Waals surface area contributed by atoms with Gasteiger partial charge in [-0.3, -0.25) is 14.4 Å². The van der Waals surface area contributed by atoms with Crippen molar-refractivity contribution < 1.29 is 28.6 Å². The van der Waals surface area contributed by atoms with Crippen molar-refractivity contribution in [2.24, 2.45) is 11.8 Å². The third kappa shape index (κ3) is 53.6. The second-order valence-electron chi connectivity index (χ2n) is 21.7. The molecule has 6 nitrogen and oxygen atoms in total. The second kappa shape index (κ2) is 53.8. The molecule has 0 spiro atoms. The Balaban J connectivity index is 4.27. The number of unbranched alkanes of at least 4 members (excludes halogenated alkanes) is 39. The van der Waals surface area contributed by atoms with Crippen LogP contribution in [0.1, 0.15) is 343 Å². The summed E-state index contributed by atoms with van der Waals surface area (Å²) in [5.74, 6) is 0.862. The standard InChI is InChI=1S/C61H118O6/c1-6-8-9-10-11-12-13-14-15-16-17-21-24-27-30-36-41-46-51-59(62)65-54-58(55-66-60(63)52-47-42-37-33-32-35-40-45-50-57(5)7-2)67-61(64)53-48-43-38-31-28-25-22-19-18-20-23-26-29-34-39-44-49-56(3)4/h56-58H,6-55H2,1-5H3/t57?,58-/m0/s1. The molecule has 0 aromatic carbocycles. The van der Waals surface area contributed by atoms with Gasteiger partial charge in [-0.25, -0.2) is 0 Å². The van der Waals surface area contributed by atoms with Gasteiger partial charge >= 0.3 is 17.9 Å². The Morgan fingerprint density at radius 3 is 0.851 bits per heavy atom. The van der Waals surface area contributed by atoms with Crippen LogP contribution in [0, 0.1) is 11.8 Å². The van der Waals surface area contributed by atoms with Gasteiger partial charge in [0.05, 0.1) is 0 Å². The van der Waals surface area contributed by atoms with Crippen LogP contribution in [0.25, 0.3) is 0 Å². The number of hydrogen-bond acceptors (Lipinski definition) is 6. The summed E-state index contributed by atoms with van der Waals surface area (Å²) >= 11 is 0. The van der Waals surface area contributed by atoms with Crippen LogP contribution in [0.15, 0.2) is 0 Å². The molecule has 0 heterocycles. The van der Waals surface area contributed by atoms with E-state index in [1.807, 2.05) is 0 Å². The summed E-state index contributed by atoms with van der Waals surface area (Å²) in [5, 5.41) is 0. The Kier molecular flexibility index (Phi) is 52.5. The van der Waals surface area contributed by atoms with Crippen LogP contribution in [-0.2, 0) is 28.6 Å². The van der Waals surface area contributed by atoms with E-state index >= 15 is 0 Å². The highest BCUT2D eigenvalue weighted by atomic mass is 16.6. The van der Waals surface area contributed by atoms with E-state index in [4.69, 9.17) is 14.2 Å². The Bertz CT molecular complexity index is 1030. The Morgan fingerprint density at radius 2 is 0.567 bits per heavy atom. The molecule has 6 heteroatoms. The second-order valence-corrected chi connectivity index (χ2v) is 21.7. The number of rotatable bonds is 55. The van der Waals surface area contributed by atoms with Crippen molar-refractivity contribution in [1.82, 2.24) is 0 Å². The van der Waals surface area contributed by atoms with E-state index in [1.165, 1.54) is 231 Å². The van der Waals surface area contributed by atoms with E-state index in [-0.39, 0.29) is 31.1 Å². The lowest BCUT2D eigenvalue weighted by Gasteiger charge is -2.18. The van der Waals surface area contributed by atoms with E-state index in [1.54, 1.807) is 0 Å². The lowest BCUT2D eigenvalue weighted by Crippen LogP contribution is -2.30. The molecular formula is C61H118O6. The lowest BCUT2D eigenvalue weighted by atomic mass is 9.99. The van der Waals surface area contributed by atoms with Crippen molar-refractivity contribution in [3.63, 3.8) is 0 Å². The van der Waals surface area contributed by atoms with Crippen LogP contribution in [-0.4, -0.2) is 37.2 Å². The predicted octanol–water partition coefficient (Wildman–Crippen LogP) is 20.0. The molecule has 0 aliphatic heterocycles. The Labute approximate surface area is 418 Å². The first-order valence-electron chi connectivity index (χ1n) is 30.3. The largest absolute Gasteiger partial charge is 0.462 e. The van der Waals surface area contributed by atoms with Gasteiger partial charge in [-0.2, -0.15) is 0 Å². The summed E-state index contributed by atoms with van der Waals surface area (Å²) in [6.45, 7) is 11.4. The van der Waals surface area contributed by atoms with Crippen molar-refractivity contribution in [3.8, 4) is 0 Å². The monoisotopic (exact) mass is 947 g/mol. The zero-order valence-corrected chi connectivity index (χ0v) is 46.0. The summed E-state index contributed by atoms with van der Waals surface area (Å²) in [6.07, 6.45) is 58.1. The molecule has 0 amide bonds. The predicted molar refractivity (Wildman–Crippen MR) is 289 cm³/mol. The van der Waals surface area contributed by atoms with Gasteiger partial charge < -0.3 is 14.2 Å². The minimum Gasteiger partial charge on any atom is -0.462 e. The van der Waals surface area contributed by atoms with Gasteiger partial charge in [0.25, 0.3) is 0 Å². The molecule has 398 valence electrons. The first-order valence-corrected chi connectivity index (χ1v) is 30.3. The molecule has 0 saturated carbocycles. The van der Waals surface area contributed by atoms with Crippen LogP contribution in [0.4, 0.5) is 0 Å². The van der Waals surface area contributed by atoms with Crippen molar-refractivity contribution in [2.45, 2.75) is 349 Å². The zero-order valence-electron chi connectivity index (χ0n) is 46.0. The van der Waals surface area contributed by atoms with Gasteiger partial charge in [-0.1, -0.05) is 304 Å². The molecule has 0 aliphatic carbocycles. The maximum atomic E-state index is 12.9. The molecule has 0 saturated heterocycles. The van der Waals surface area contributed by atoms with Crippen molar-refractivity contribution in [1.29, 1.82) is 0 Å². The van der Waals surface area contributed by atoms with Crippen LogP contribution in [0.2, 0.25) is 0 Å². The van der Waals surface area contributed by atoms with Gasteiger partial charge in [-0.05, 0) is 31.1 Å². The minimum absolute atomic E-state index is 0.0627. The summed E-state index contributed by atoms with van der Waals surface area (Å²) in [6, 6.07) is 0. The first-order chi connectivity index (χ1) is 32.8. The molecule has 0 aliphatic rings. The van der Waals surface area contributed by atoms with Crippen LogP contribution in [0.3, 0.4) is 0 Å². The third-order valence-corrected chi connectivity index (χ3v) is 14.3. The van der Waals surface area contributed by atoms with Crippen molar-refractivity contribution >= 4 is 17.9 Å². The van der Waals surface area contributed by atoms with E-state index in [2.05, 4.69) is 34.6 Å². The summed E-state index contributed by atoms with van der Waals surface area (Å²) < 4.78 is 16.9. The van der Waals surface area contributed by atoms with E-state index in [0.717, 1.165) is 69.6 Å². The van der Waals surface area contributed by atoms with Crippen LogP contribution in [0.5, 0.6) is 0 Å². The average molecular weight is 948 g/mol. The van der Waals surface area contributed by atoms with Gasteiger partial charge in [0.1, 0.15) is 13.2 Å². The molecule has 2 atom stereocenters. The summed E-state index contributed by atoms with van der Waals surface area (Å²) in [7, 11) is 0. The molecule has 0 fully saturated rings. The van der Waals surface area contributed by atoms with E-state index in [9.17, 15) is 14.4 Å². The molecule has 0 aromatic heterocycles. The average Bonchev–Trinajstić information content (AvgIpc) is 3.31. The fraction of sp³-hybridized carbons (Fsp3) is 0.951. The lowest BCUT2D eigenvalue weighted by molar-refractivity contribution is -0.167. The topological polar surface area (TPSA) is 78.9 Å². The first kappa shape index (κ1) is 65.4. The normalized spacial score (nSPS) is 12.4. The van der Waals surface area contributed by atoms with E-state index < -0.39 is 6.10 Å². The summed E-state index contributed by atoms with van der Waals surface area (Å²) in [4.78, 5) is 38.2. The molecule has 0 rings (SSSR count). The van der Waals surface area contributed by atoms with Gasteiger partial charge in [0, 0.05) is 19.3 Å². The summed E-state index contributed by atoms with van der Waals surface area (Å²) in [5.41, 5.74) is 0. The molecule has 67 heavy (non-hydrogen) atoms. The third-order valence-electron chi connectivity index (χ3n) is 14.3. The van der Waals surface area contributed by atoms with Crippen molar-refractivity contribution in [2.75, 3.05) is 13.2 Å². The quantitative estimate of drug-likeness (QED) is 0.0343. The molecular weight excluding hydrogens is 829 g/mol.